The van der Waals surface area contributed by atoms with Gasteiger partial charge in [-0.1, -0.05) is 18.2 Å². The quantitative estimate of drug-likeness (QED) is 0.873. The fourth-order valence-electron chi connectivity index (χ4n) is 2.58. The summed E-state index contributed by atoms with van der Waals surface area (Å²) in [6.45, 7) is 2.74. The first-order chi connectivity index (χ1) is 8.66. The highest BCUT2D eigenvalue weighted by atomic mass is 16.5. The molecule has 2 N–H and O–H groups in total. The molecule has 0 saturated heterocycles. The Morgan fingerprint density at radius 3 is 2.94 bits per heavy atom. The zero-order valence-corrected chi connectivity index (χ0v) is 10.7. The number of para-hydroxylation sites is 1. The van der Waals surface area contributed by atoms with Gasteiger partial charge in [-0.05, 0) is 12.5 Å². The van der Waals surface area contributed by atoms with Crippen molar-refractivity contribution in [2.45, 2.75) is 19.4 Å². The second-order valence-corrected chi connectivity index (χ2v) is 4.76. The van der Waals surface area contributed by atoms with Crippen LogP contribution in [0.15, 0.2) is 24.4 Å². The largest absolute Gasteiger partial charge is 0.493 e. The molecule has 0 aliphatic carbocycles. The van der Waals surface area contributed by atoms with Gasteiger partial charge < -0.3 is 10.5 Å². The Morgan fingerprint density at radius 1 is 1.39 bits per heavy atom. The Labute approximate surface area is 106 Å². The van der Waals surface area contributed by atoms with E-state index in [1.807, 2.05) is 26.2 Å². The van der Waals surface area contributed by atoms with E-state index in [4.69, 9.17) is 10.5 Å². The third-order valence-electron chi connectivity index (χ3n) is 3.47. The van der Waals surface area contributed by atoms with E-state index < -0.39 is 0 Å². The second kappa shape index (κ2) is 4.14. The standard InChI is InChI=1S/C14H17N3O/c1-9-12(8-17(2)16-9)13(15)11-5-3-4-10-6-7-18-14(10)11/h3-5,8,13H,6-7,15H2,1-2H3. The van der Waals surface area contributed by atoms with Crippen molar-refractivity contribution in [1.82, 2.24) is 9.78 Å². The van der Waals surface area contributed by atoms with E-state index in [1.165, 1.54) is 5.56 Å². The summed E-state index contributed by atoms with van der Waals surface area (Å²) in [6.07, 6.45) is 2.95. The zero-order chi connectivity index (χ0) is 12.7. The first-order valence-electron chi connectivity index (χ1n) is 6.17. The van der Waals surface area contributed by atoms with Crippen LogP contribution >= 0.6 is 0 Å². The lowest BCUT2D eigenvalue weighted by molar-refractivity contribution is 0.352. The van der Waals surface area contributed by atoms with Crippen molar-refractivity contribution in [3.05, 3.63) is 46.8 Å². The fraction of sp³-hybridized carbons (Fsp3) is 0.357. The predicted molar refractivity (Wildman–Crippen MR) is 69.6 cm³/mol. The molecule has 1 aliphatic heterocycles. The lowest BCUT2D eigenvalue weighted by Gasteiger charge is -2.14. The lowest BCUT2D eigenvalue weighted by Crippen LogP contribution is -2.13. The Hall–Kier alpha value is -1.81. The Bertz CT molecular complexity index is 589. The SMILES string of the molecule is Cc1nn(C)cc1C(N)c1cccc2c1OCC2. The Morgan fingerprint density at radius 2 is 2.22 bits per heavy atom. The molecule has 1 atom stereocenters. The van der Waals surface area contributed by atoms with Gasteiger partial charge in [0.05, 0.1) is 18.3 Å². The van der Waals surface area contributed by atoms with Gasteiger partial charge in [0.2, 0.25) is 0 Å². The molecule has 2 heterocycles. The number of nitrogens with two attached hydrogens (primary N) is 1. The van der Waals surface area contributed by atoms with Crippen LogP contribution in [0.25, 0.3) is 0 Å². The van der Waals surface area contributed by atoms with Crippen LogP contribution in [0.3, 0.4) is 0 Å². The van der Waals surface area contributed by atoms with Gasteiger partial charge in [-0.2, -0.15) is 5.10 Å². The number of aryl methyl sites for hydroxylation is 2. The summed E-state index contributed by atoms with van der Waals surface area (Å²) in [5.41, 5.74) is 10.7. The maximum absolute atomic E-state index is 6.37. The van der Waals surface area contributed by atoms with Gasteiger partial charge in [0, 0.05) is 30.8 Å². The molecular weight excluding hydrogens is 226 g/mol. The third-order valence-corrected chi connectivity index (χ3v) is 3.47. The van der Waals surface area contributed by atoms with Crippen molar-refractivity contribution in [3.8, 4) is 5.75 Å². The molecule has 1 unspecified atom stereocenters. The van der Waals surface area contributed by atoms with E-state index in [2.05, 4.69) is 17.2 Å². The van der Waals surface area contributed by atoms with Gasteiger partial charge in [0.1, 0.15) is 5.75 Å². The highest BCUT2D eigenvalue weighted by Gasteiger charge is 2.22. The Balaban J connectivity index is 2.05. The second-order valence-electron chi connectivity index (χ2n) is 4.76. The molecule has 0 bridgehead atoms. The van der Waals surface area contributed by atoms with E-state index in [9.17, 15) is 0 Å². The first kappa shape index (κ1) is 11.3. The minimum absolute atomic E-state index is 0.174. The molecule has 2 aromatic rings. The fourth-order valence-corrected chi connectivity index (χ4v) is 2.58. The number of benzene rings is 1. The maximum Gasteiger partial charge on any atom is 0.127 e. The van der Waals surface area contributed by atoms with Crippen LogP contribution in [-0.2, 0) is 13.5 Å². The molecule has 94 valence electrons. The van der Waals surface area contributed by atoms with Crippen molar-refractivity contribution in [2.75, 3.05) is 6.61 Å². The number of hydrogen-bond donors (Lipinski definition) is 1. The molecule has 4 heteroatoms. The number of hydrogen-bond acceptors (Lipinski definition) is 3. The summed E-state index contributed by atoms with van der Waals surface area (Å²) < 4.78 is 7.51. The molecule has 0 fully saturated rings. The van der Waals surface area contributed by atoms with Gasteiger partial charge in [-0.3, -0.25) is 4.68 Å². The minimum atomic E-state index is -0.174. The minimum Gasteiger partial charge on any atom is -0.493 e. The molecule has 0 spiro atoms. The molecule has 0 saturated carbocycles. The van der Waals surface area contributed by atoms with Crippen LogP contribution in [0.5, 0.6) is 5.75 Å². The number of fused-ring (bicyclic) bond motifs is 1. The van der Waals surface area contributed by atoms with Gasteiger partial charge in [-0.15, -0.1) is 0 Å². The normalized spacial score (nSPS) is 15.3. The van der Waals surface area contributed by atoms with Crippen LogP contribution in [0.4, 0.5) is 0 Å². The van der Waals surface area contributed by atoms with Crippen LogP contribution in [0, 0.1) is 6.92 Å². The summed E-state index contributed by atoms with van der Waals surface area (Å²) in [5, 5.41) is 4.35. The monoisotopic (exact) mass is 243 g/mol. The van der Waals surface area contributed by atoms with Crippen LogP contribution in [0.1, 0.15) is 28.4 Å². The molecule has 4 nitrogen and oxygen atoms in total. The molecule has 3 rings (SSSR count). The van der Waals surface area contributed by atoms with Crippen molar-refractivity contribution in [1.29, 1.82) is 0 Å². The highest BCUT2D eigenvalue weighted by Crippen LogP contribution is 2.35. The maximum atomic E-state index is 6.37. The number of aromatic nitrogens is 2. The van der Waals surface area contributed by atoms with Crippen molar-refractivity contribution < 1.29 is 4.74 Å². The van der Waals surface area contributed by atoms with E-state index in [1.54, 1.807) is 4.68 Å². The average molecular weight is 243 g/mol. The van der Waals surface area contributed by atoms with Crippen molar-refractivity contribution in [2.24, 2.45) is 12.8 Å². The van der Waals surface area contributed by atoms with Crippen molar-refractivity contribution in [3.63, 3.8) is 0 Å². The smallest absolute Gasteiger partial charge is 0.127 e. The van der Waals surface area contributed by atoms with Crippen molar-refractivity contribution >= 4 is 0 Å². The van der Waals surface area contributed by atoms with E-state index in [0.29, 0.717) is 0 Å². The predicted octanol–water partition coefficient (Wildman–Crippen LogP) is 1.71. The summed E-state index contributed by atoms with van der Waals surface area (Å²) in [4.78, 5) is 0. The molecule has 1 aliphatic rings. The number of nitrogens with zero attached hydrogens (tertiary/aromatic N) is 2. The summed E-state index contributed by atoms with van der Waals surface area (Å²) in [5.74, 6) is 0.966. The number of ether oxygens (including phenoxy) is 1. The zero-order valence-electron chi connectivity index (χ0n) is 10.7. The van der Waals surface area contributed by atoms with E-state index >= 15 is 0 Å². The average Bonchev–Trinajstić information content (AvgIpc) is 2.94. The summed E-state index contributed by atoms with van der Waals surface area (Å²) in [7, 11) is 1.91. The lowest BCUT2D eigenvalue weighted by atomic mass is 9.97. The van der Waals surface area contributed by atoms with Crippen LogP contribution < -0.4 is 10.5 Å². The van der Waals surface area contributed by atoms with E-state index in [0.717, 1.165) is 35.6 Å². The van der Waals surface area contributed by atoms with Gasteiger partial charge >= 0.3 is 0 Å². The number of rotatable bonds is 2. The van der Waals surface area contributed by atoms with Gasteiger partial charge in [0.25, 0.3) is 0 Å². The summed E-state index contributed by atoms with van der Waals surface area (Å²) in [6, 6.07) is 6.02. The molecule has 18 heavy (non-hydrogen) atoms. The van der Waals surface area contributed by atoms with E-state index in [-0.39, 0.29) is 6.04 Å². The molecule has 1 aromatic heterocycles. The first-order valence-corrected chi connectivity index (χ1v) is 6.17. The third kappa shape index (κ3) is 1.69. The molecule has 1 aromatic carbocycles. The topological polar surface area (TPSA) is 53.1 Å². The van der Waals surface area contributed by atoms with Gasteiger partial charge in [-0.25, -0.2) is 0 Å². The molecule has 0 radical (unpaired) electrons. The molecular formula is C14H17N3O. The van der Waals surface area contributed by atoms with Crippen LogP contribution in [-0.4, -0.2) is 16.4 Å². The van der Waals surface area contributed by atoms with Gasteiger partial charge in [0.15, 0.2) is 0 Å². The molecule has 0 amide bonds. The summed E-state index contributed by atoms with van der Waals surface area (Å²) >= 11 is 0. The Kier molecular flexibility index (Phi) is 2.59. The van der Waals surface area contributed by atoms with Crippen LogP contribution in [0.2, 0.25) is 0 Å². The highest BCUT2D eigenvalue weighted by molar-refractivity contribution is 5.48.